The van der Waals surface area contributed by atoms with Gasteiger partial charge in [0.05, 0.1) is 4.90 Å². The molecule has 0 aromatic heterocycles. The van der Waals surface area contributed by atoms with Gasteiger partial charge in [0, 0.05) is 11.2 Å². The number of hydrogen-bond donors (Lipinski definition) is 0. The molecule has 1 rings (SSSR count). The van der Waals surface area contributed by atoms with E-state index in [-0.39, 0.29) is 39.3 Å². The van der Waals surface area contributed by atoms with Crippen LogP contribution in [0.5, 0.6) is 0 Å². The van der Waals surface area contributed by atoms with Crippen LogP contribution in [0.3, 0.4) is 0 Å². The molecule has 0 saturated carbocycles. The van der Waals surface area contributed by atoms with E-state index in [0.717, 1.165) is 12.3 Å². The Hall–Kier alpha value is 0.280. The van der Waals surface area contributed by atoms with Gasteiger partial charge in [-0.3, -0.25) is 4.21 Å². The molecule has 78 valence electrons. The minimum atomic E-state index is -3.35. The van der Waals surface area contributed by atoms with Crippen LogP contribution in [0.1, 0.15) is 5.56 Å². The van der Waals surface area contributed by atoms with Gasteiger partial charge in [-0.2, -0.15) is 0 Å². The standard InChI is InChI=1S/C8H10O4S2.Na/c1-6-3-4-7(14(2,11)12)5-8(6)13(9)10;/h3-5H,1-2H3,(H,9,10);/q;+1/p-1. The van der Waals surface area contributed by atoms with E-state index >= 15 is 0 Å². The van der Waals surface area contributed by atoms with E-state index in [1.807, 2.05) is 0 Å². The second-order valence-electron chi connectivity index (χ2n) is 2.93. The SMILES string of the molecule is Cc1ccc(S(C)(=O)=O)cc1S(=O)[O-].[Na+]. The van der Waals surface area contributed by atoms with Gasteiger partial charge in [-0.15, -0.1) is 0 Å². The molecule has 1 aromatic carbocycles. The second kappa shape index (κ2) is 5.56. The van der Waals surface area contributed by atoms with E-state index in [1.54, 1.807) is 6.92 Å². The molecule has 7 heteroatoms. The number of aryl methyl sites for hydroxylation is 1. The van der Waals surface area contributed by atoms with Crippen LogP contribution in [0.2, 0.25) is 0 Å². The molecule has 4 nitrogen and oxygen atoms in total. The summed E-state index contributed by atoms with van der Waals surface area (Å²) in [6, 6.07) is 4.02. The predicted octanol–water partition coefficient (Wildman–Crippen LogP) is -2.36. The molecule has 0 bridgehead atoms. The summed E-state index contributed by atoms with van der Waals surface area (Å²) in [5.74, 6) is 0. The van der Waals surface area contributed by atoms with Crippen LogP contribution in [0.25, 0.3) is 0 Å². The zero-order valence-electron chi connectivity index (χ0n) is 8.68. The molecule has 15 heavy (non-hydrogen) atoms. The maximum Gasteiger partial charge on any atom is 1.00 e. The van der Waals surface area contributed by atoms with Crippen molar-refractivity contribution in [2.45, 2.75) is 16.7 Å². The van der Waals surface area contributed by atoms with E-state index in [1.165, 1.54) is 12.1 Å². The molecule has 0 aliphatic rings. The number of sulfone groups is 1. The number of rotatable bonds is 2. The molecular weight excluding hydrogens is 247 g/mol. The predicted molar refractivity (Wildman–Crippen MR) is 51.5 cm³/mol. The fourth-order valence-electron chi connectivity index (χ4n) is 0.991. The summed E-state index contributed by atoms with van der Waals surface area (Å²) in [4.78, 5) is 0.0372. The Kier molecular flexibility index (Phi) is 5.67. The zero-order valence-corrected chi connectivity index (χ0v) is 12.3. The molecule has 0 N–H and O–H groups in total. The Morgan fingerprint density at radius 1 is 1.33 bits per heavy atom. The number of benzene rings is 1. The van der Waals surface area contributed by atoms with Gasteiger partial charge in [0.2, 0.25) is 0 Å². The van der Waals surface area contributed by atoms with Crippen molar-refractivity contribution in [3.8, 4) is 0 Å². The first-order chi connectivity index (χ1) is 6.32. The van der Waals surface area contributed by atoms with Crippen molar-refractivity contribution in [1.29, 1.82) is 0 Å². The maximum atomic E-state index is 11.1. The summed E-state index contributed by atoms with van der Waals surface area (Å²) in [6.07, 6.45) is 1.04. The van der Waals surface area contributed by atoms with E-state index in [0.29, 0.717) is 5.56 Å². The summed E-state index contributed by atoms with van der Waals surface area (Å²) in [6.45, 7) is 1.61. The Labute approximate surface area is 114 Å². The van der Waals surface area contributed by atoms with Gasteiger partial charge in [-0.1, -0.05) is 6.07 Å². The maximum absolute atomic E-state index is 11.1. The van der Waals surface area contributed by atoms with E-state index in [4.69, 9.17) is 0 Å². The summed E-state index contributed by atoms with van der Waals surface area (Å²) in [7, 11) is -3.35. The summed E-state index contributed by atoms with van der Waals surface area (Å²) in [5.41, 5.74) is 0.533. The smallest absolute Gasteiger partial charge is 0.768 e. The average Bonchev–Trinajstić information content (AvgIpc) is 2.02. The molecule has 0 radical (unpaired) electrons. The molecule has 0 aliphatic heterocycles. The molecular formula is C8H9NaO4S2. The average molecular weight is 256 g/mol. The van der Waals surface area contributed by atoms with Crippen molar-refractivity contribution in [2.75, 3.05) is 6.26 Å². The zero-order chi connectivity index (χ0) is 10.9. The monoisotopic (exact) mass is 256 g/mol. The van der Waals surface area contributed by atoms with Crippen LogP contribution in [0.4, 0.5) is 0 Å². The summed E-state index contributed by atoms with van der Waals surface area (Å²) >= 11 is -2.40. The molecule has 0 amide bonds. The van der Waals surface area contributed by atoms with Gasteiger partial charge >= 0.3 is 29.6 Å². The van der Waals surface area contributed by atoms with Crippen molar-refractivity contribution in [3.63, 3.8) is 0 Å². The molecule has 1 unspecified atom stereocenters. The third kappa shape index (κ3) is 3.97. The Morgan fingerprint density at radius 3 is 2.27 bits per heavy atom. The molecule has 0 spiro atoms. The van der Waals surface area contributed by atoms with Gasteiger partial charge in [-0.05, 0) is 35.7 Å². The molecule has 0 saturated heterocycles. The van der Waals surface area contributed by atoms with Crippen LogP contribution in [0.15, 0.2) is 28.0 Å². The minimum Gasteiger partial charge on any atom is -0.768 e. The van der Waals surface area contributed by atoms with Crippen molar-refractivity contribution in [3.05, 3.63) is 23.8 Å². The van der Waals surface area contributed by atoms with Crippen LogP contribution in [-0.4, -0.2) is 23.4 Å². The first-order valence-electron chi connectivity index (χ1n) is 3.72. The van der Waals surface area contributed by atoms with Crippen molar-refractivity contribution in [1.82, 2.24) is 0 Å². The first kappa shape index (κ1) is 15.3. The van der Waals surface area contributed by atoms with Crippen molar-refractivity contribution in [2.24, 2.45) is 0 Å². The fraction of sp³-hybridized carbons (Fsp3) is 0.250. The van der Waals surface area contributed by atoms with Crippen LogP contribution < -0.4 is 29.6 Å². The van der Waals surface area contributed by atoms with Gasteiger partial charge in [0.25, 0.3) is 0 Å². The molecule has 1 aromatic rings. The second-order valence-corrected chi connectivity index (χ2v) is 5.86. The van der Waals surface area contributed by atoms with Crippen molar-refractivity contribution < 1.29 is 46.7 Å². The molecule has 0 fully saturated rings. The van der Waals surface area contributed by atoms with Crippen LogP contribution >= 0.6 is 0 Å². The third-order valence-corrected chi connectivity index (χ3v) is 3.68. The summed E-state index contributed by atoms with van der Waals surface area (Å²) < 4.78 is 43.6. The fourth-order valence-corrected chi connectivity index (χ4v) is 2.27. The van der Waals surface area contributed by atoms with E-state index in [2.05, 4.69) is 0 Å². The van der Waals surface area contributed by atoms with Gasteiger partial charge in [0.1, 0.15) is 0 Å². The van der Waals surface area contributed by atoms with E-state index < -0.39 is 20.9 Å². The molecule has 0 aliphatic carbocycles. The topological polar surface area (TPSA) is 74.3 Å². The van der Waals surface area contributed by atoms with Gasteiger partial charge < -0.3 is 4.55 Å². The largest absolute Gasteiger partial charge is 1.00 e. The van der Waals surface area contributed by atoms with Gasteiger partial charge in [-0.25, -0.2) is 8.42 Å². The normalized spacial score (nSPS) is 13.0. The Morgan fingerprint density at radius 2 is 1.87 bits per heavy atom. The molecule has 0 heterocycles. The first-order valence-corrected chi connectivity index (χ1v) is 6.69. The van der Waals surface area contributed by atoms with Crippen LogP contribution in [0, 0.1) is 6.92 Å². The number of hydrogen-bond acceptors (Lipinski definition) is 4. The summed E-state index contributed by atoms with van der Waals surface area (Å²) in [5, 5.41) is 0. The Bertz CT molecular complexity index is 481. The third-order valence-electron chi connectivity index (χ3n) is 1.77. The quantitative estimate of drug-likeness (QED) is 0.438. The van der Waals surface area contributed by atoms with Crippen LogP contribution in [-0.2, 0) is 20.9 Å². The Balaban J connectivity index is 0.00000196. The molecule has 1 atom stereocenters. The van der Waals surface area contributed by atoms with Gasteiger partial charge in [0.15, 0.2) is 9.84 Å². The van der Waals surface area contributed by atoms with Crippen molar-refractivity contribution >= 4 is 20.9 Å². The minimum absolute atomic E-state index is 0. The van der Waals surface area contributed by atoms with E-state index in [9.17, 15) is 17.2 Å².